The second-order valence-corrected chi connectivity index (χ2v) is 6.02. The number of benzene rings is 1. The van der Waals surface area contributed by atoms with Crippen LogP contribution in [0.1, 0.15) is 51.2 Å². The Kier molecular flexibility index (Phi) is 3.79. The van der Waals surface area contributed by atoms with Gasteiger partial charge in [-0.05, 0) is 31.4 Å². The molecule has 2 rings (SSSR count). The van der Waals surface area contributed by atoms with Gasteiger partial charge in [-0.2, -0.15) is 0 Å². The van der Waals surface area contributed by atoms with E-state index in [2.05, 4.69) is 25.1 Å². The quantitative estimate of drug-likeness (QED) is 0.888. The molecule has 0 aromatic heterocycles. The van der Waals surface area contributed by atoms with Crippen LogP contribution in [0.4, 0.5) is 0 Å². The Morgan fingerprint density at radius 2 is 2.11 bits per heavy atom. The highest BCUT2D eigenvalue weighted by atomic mass is 16.5. The molecule has 18 heavy (non-hydrogen) atoms. The fourth-order valence-corrected chi connectivity index (χ4v) is 2.89. The lowest BCUT2D eigenvalue weighted by atomic mass is 9.79. The maximum absolute atomic E-state index is 10.9. The first kappa shape index (κ1) is 13.6. The van der Waals surface area contributed by atoms with Gasteiger partial charge in [-0.3, -0.25) is 0 Å². The third kappa shape index (κ3) is 2.93. The monoisotopic (exact) mass is 248 g/mol. The van der Waals surface area contributed by atoms with E-state index in [0.717, 1.165) is 18.4 Å². The molecular weight excluding hydrogens is 224 g/mol. The van der Waals surface area contributed by atoms with Crippen molar-refractivity contribution in [3.05, 3.63) is 35.4 Å². The standard InChI is InChI=1S/C16H24O2/c1-4-6-13-7-5-8-14(11-13)16(17)9-10-18-15(2,3)12-16/h5,7-8,11,17H,4,6,9-10,12H2,1-3H3. The van der Waals surface area contributed by atoms with Gasteiger partial charge in [0, 0.05) is 12.8 Å². The van der Waals surface area contributed by atoms with Crippen molar-refractivity contribution < 1.29 is 9.84 Å². The summed E-state index contributed by atoms with van der Waals surface area (Å²) in [4.78, 5) is 0. The van der Waals surface area contributed by atoms with E-state index >= 15 is 0 Å². The van der Waals surface area contributed by atoms with Crippen LogP contribution in [0.25, 0.3) is 0 Å². The van der Waals surface area contributed by atoms with E-state index < -0.39 is 5.60 Å². The Morgan fingerprint density at radius 1 is 1.33 bits per heavy atom. The van der Waals surface area contributed by atoms with Crippen molar-refractivity contribution in [1.29, 1.82) is 0 Å². The second kappa shape index (κ2) is 5.02. The molecule has 1 fully saturated rings. The first-order valence-corrected chi connectivity index (χ1v) is 6.91. The molecule has 0 radical (unpaired) electrons. The summed E-state index contributed by atoms with van der Waals surface area (Å²) in [6, 6.07) is 8.40. The first-order chi connectivity index (χ1) is 8.45. The summed E-state index contributed by atoms with van der Waals surface area (Å²) in [5.41, 5.74) is 1.39. The molecule has 2 nitrogen and oxygen atoms in total. The maximum Gasteiger partial charge on any atom is 0.0945 e. The topological polar surface area (TPSA) is 29.5 Å². The van der Waals surface area contributed by atoms with Crippen molar-refractivity contribution in [2.75, 3.05) is 6.61 Å². The fourth-order valence-electron chi connectivity index (χ4n) is 2.89. The van der Waals surface area contributed by atoms with Gasteiger partial charge in [0.1, 0.15) is 0 Å². The van der Waals surface area contributed by atoms with Crippen LogP contribution in [0.2, 0.25) is 0 Å². The Morgan fingerprint density at radius 3 is 2.78 bits per heavy atom. The van der Waals surface area contributed by atoms with Crippen molar-refractivity contribution in [3.8, 4) is 0 Å². The summed E-state index contributed by atoms with van der Waals surface area (Å²) in [5.74, 6) is 0. The normalized spacial score (nSPS) is 27.1. The van der Waals surface area contributed by atoms with Gasteiger partial charge in [0.2, 0.25) is 0 Å². The van der Waals surface area contributed by atoms with Gasteiger partial charge in [-0.25, -0.2) is 0 Å². The zero-order valence-corrected chi connectivity index (χ0v) is 11.7. The number of aryl methyl sites for hydroxylation is 1. The Bertz CT molecular complexity index is 411. The Balaban J connectivity index is 2.26. The van der Waals surface area contributed by atoms with Crippen LogP contribution in [0, 0.1) is 0 Å². The molecule has 2 heteroatoms. The molecule has 1 saturated heterocycles. The van der Waals surface area contributed by atoms with Crippen LogP contribution in [0.15, 0.2) is 24.3 Å². The van der Waals surface area contributed by atoms with E-state index in [1.165, 1.54) is 5.56 Å². The van der Waals surface area contributed by atoms with E-state index in [0.29, 0.717) is 19.4 Å². The molecule has 0 spiro atoms. The SMILES string of the molecule is CCCc1cccc(C2(O)CCOC(C)(C)C2)c1. The molecular formula is C16H24O2. The fraction of sp³-hybridized carbons (Fsp3) is 0.625. The molecule has 0 bridgehead atoms. The van der Waals surface area contributed by atoms with Gasteiger partial charge in [-0.15, -0.1) is 0 Å². The number of ether oxygens (including phenoxy) is 1. The highest BCUT2D eigenvalue weighted by Gasteiger charge is 2.40. The largest absolute Gasteiger partial charge is 0.385 e. The maximum atomic E-state index is 10.9. The molecule has 1 N–H and O–H groups in total. The molecule has 0 aliphatic carbocycles. The van der Waals surface area contributed by atoms with E-state index in [-0.39, 0.29) is 5.60 Å². The smallest absolute Gasteiger partial charge is 0.0945 e. The van der Waals surface area contributed by atoms with Gasteiger partial charge < -0.3 is 9.84 Å². The predicted octanol–water partition coefficient (Wildman–Crippen LogP) is 3.42. The highest BCUT2D eigenvalue weighted by Crippen LogP contribution is 2.39. The Hall–Kier alpha value is -0.860. The lowest BCUT2D eigenvalue weighted by Gasteiger charge is -2.42. The number of hydrogen-bond acceptors (Lipinski definition) is 2. The molecule has 0 saturated carbocycles. The van der Waals surface area contributed by atoms with Gasteiger partial charge >= 0.3 is 0 Å². The molecule has 1 unspecified atom stereocenters. The molecule has 1 heterocycles. The van der Waals surface area contributed by atoms with Crippen molar-refractivity contribution in [3.63, 3.8) is 0 Å². The third-order valence-corrected chi connectivity index (χ3v) is 3.73. The lowest BCUT2D eigenvalue weighted by molar-refractivity contribution is -0.148. The van der Waals surface area contributed by atoms with E-state index in [4.69, 9.17) is 4.74 Å². The van der Waals surface area contributed by atoms with E-state index in [9.17, 15) is 5.11 Å². The van der Waals surface area contributed by atoms with Crippen LogP contribution >= 0.6 is 0 Å². The molecule has 100 valence electrons. The summed E-state index contributed by atoms with van der Waals surface area (Å²) < 4.78 is 5.70. The summed E-state index contributed by atoms with van der Waals surface area (Å²) in [7, 11) is 0. The zero-order valence-electron chi connectivity index (χ0n) is 11.7. The molecule has 1 aliphatic heterocycles. The van der Waals surface area contributed by atoms with Crippen LogP contribution < -0.4 is 0 Å². The summed E-state index contributed by atoms with van der Waals surface area (Å²) >= 11 is 0. The summed E-state index contributed by atoms with van der Waals surface area (Å²) in [6.07, 6.45) is 3.56. The average molecular weight is 248 g/mol. The average Bonchev–Trinajstić information content (AvgIpc) is 2.28. The second-order valence-electron chi connectivity index (χ2n) is 6.02. The third-order valence-electron chi connectivity index (χ3n) is 3.73. The van der Waals surface area contributed by atoms with Crippen molar-refractivity contribution in [2.45, 2.75) is 57.7 Å². The van der Waals surface area contributed by atoms with Crippen LogP contribution in [-0.4, -0.2) is 17.3 Å². The lowest BCUT2D eigenvalue weighted by Crippen LogP contribution is -2.43. The van der Waals surface area contributed by atoms with Gasteiger partial charge in [0.15, 0.2) is 0 Å². The first-order valence-electron chi connectivity index (χ1n) is 6.91. The molecule has 1 aromatic rings. The van der Waals surface area contributed by atoms with E-state index in [1.807, 2.05) is 19.9 Å². The van der Waals surface area contributed by atoms with Crippen molar-refractivity contribution in [2.24, 2.45) is 0 Å². The zero-order chi connectivity index (χ0) is 13.2. The summed E-state index contributed by atoms with van der Waals surface area (Å²) in [6.45, 7) is 6.90. The number of aliphatic hydroxyl groups is 1. The predicted molar refractivity (Wildman–Crippen MR) is 73.6 cm³/mol. The molecule has 1 aromatic carbocycles. The van der Waals surface area contributed by atoms with Crippen LogP contribution in [0.5, 0.6) is 0 Å². The van der Waals surface area contributed by atoms with E-state index in [1.54, 1.807) is 0 Å². The van der Waals surface area contributed by atoms with Crippen molar-refractivity contribution in [1.82, 2.24) is 0 Å². The molecule has 0 amide bonds. The van der Waals surface area contributed by atoms with Gasteiger partial charge in [-0.1, -0.05) is 37.6 Å². The minimum Gasteiger partial charge on any atom is -0.385 e. The Labute approximate surface area is 110 Å². The minimum atomic E-state index is -0.731. The minimum absolute atomic E-state index is 0.242. The number of rotatable bonds is 3. The highest BCUT2D eigenvalue weighted by molar-refractivity contribution is 5.29. The molecule has 1 aliphatic rings. The van der Waals surface area contributed by atoms with Gasteiger partial charge in [0.25, 0.3) is 0 Å². The van der Waals surface area contributed by atoms with Crippen molar-refractivity contribution >= 4 is 0 Å². The number of hydrogen-bond donors (Lipinski definition) is 1. The molecule has 1 atom stereocenters. The van der Waals surface area contributed by atoms with Crippen LogP contribution in [0.3, 0.4) is 0 Å². The van der Waals surface area contributed by atoms with Crippen LogP contribution in [-0.2, 0) is 16.8 Å². The van der Waals surface area contributed by atoms with Gasteiger partial charge in [0.05, 0.1) is 17.8 Å². The summed E-state index contributed by atoms with van der Waals surface area (Å²) in [5, 5.41) is 10.9.